The lowest BCUT2D eigenvalue weighted by Crippen LogP contribution is -2.36. The van der Waals surface area contributed by atoms with Crippen molar-refractivity contribution in [3.05, 3.63) is 46.8 Å². The largest absolute Gasteiger partial charge is 0.493 e. The summed E-state index contributed by atoms with van der Waals surface area (Å²) in [4.78, 5) is 5.17. The lowest BCUT2D eigenvalue weighted by Gasteiger charge is -2.14. The standard InChI is InChI=1S/C20H28N4O3S2/c1-21-20(23-13-17-10-11-19(28-17)29(25,26)24(2)3)22-12-16-6-4-5-7-18(16)27-14-15-8-9-15/h4-7,10-11,15H,8-9,12-14H2,1-3H3,(H2,21,22,23). The first-order chi connectivity index (χ1) is 13.9. The van der Waals surface area contributed by atoms with Crippen molar-refractivity contribution < 1.29 is 13.2 Å². The summed E-state index contributed by atoms with van der Waals surface area (Å²) in [5.74, 6) is 2.25. The summed E-state index contributed by atoms with van der Waals surface area (Å²) in [5.41, 5.74) is 1.08. The lowest BCUT2D eigenvalue weighted by molar-refractivity contribution is 0.296. The normalized spacial score (nSPS) is 14.8. The maximum absolute atomic E-state index is 12.2. The molecule has 1 aliphatic carbocycles. The van der Waals surface area contributed by atoms with Gasteiger partial charge in [0, 0.05) is 38.1 Å². The van der Waals surface area contributed by atoms with Gasteiger partial charge in [-0.15, -0.1) is 11.3 Å². The SMILES string of the molecule is CN=C(NCc1ccc(S(=O)(=O)N(C)C)s1)NCc1ccccc1OCC1CC1. The zero-order valence-corrected chi connectivity index (χ0v) is 18.6. The van der Waals surface area contributed by atoms with Crippen LogP contribution in [0.25, 0.3) is 0 Å². The second kappa shape index (κ2) is 9.60. The van der Waals surface area contributed by atoms with Gasteiger partial charge in [0.2, 0.25) is 0 Å². The van der Waals surface area contributed by atoms with Crippen molar-refractivity contribution in [2.45, 2.75) is 30.1 Å². The van der Waals surface area contributed by atoms with Crippen LogP contribution >= 0.6 is 11.3 Å². The van der Waals surface area contributed by atoms with Crippen LogP contribution in [0.1, 0.15) is 23.3 Å². The smallest absolute Gasteiger partial charge is 0.252 e. The van der Waals surface area contributed by atoms with Gasteiger partial charge in [0.1, 0.15) is 9.96 Å². The molecule has 1 heterocycles. The summed E-state index contributed by atoms with van der Waals surface area (Å²) in [5, 5.41) is 6.52. The molecule has 1 aliphatic rings. The number of benzene rings is 1. The molecule has 7 nitrogen and oxygen atoms in total. The molecule has 0 unspecified atom stereocenters. The Morgan fingerprint density at radius 3 is 2.59 bits per heavy atom. The van der Waals surface area contributed by atoms with Crippen LogP contribution in [-0.4, -0.2) is 46.4 Å². The molecular formula is C20H28N4O3S2. The van der Waals surface area contributed by atoms with Crippen molar-refractivity contribution in [1.29, 1.82) is 0 Å². The van der Waals surface area contributed by atoms with Gasteiger partial charge in [-0.25, -0.2) is 12.7 Å². The molecule has 3 rings (SSSR count). The fourth-order valence-corrected chi connectivity index (χ4v) is 5.09. The van der Waals surface area contributed by atoms with Crippen LogP contribution in [0.2, 0.25) is 0 Å². The lowest BCUT2D eigenvalue weighted by atomic mass is 10.2. The number of hydrogen-bond donors (Lipinski definition) is 2. The third-order valence-corrected chi connectivity index (χ3v) is 7.98. The van der Waals surface area contributed by atoms with Crippen LogP contribution in [0.3, 0.4) is 0 Å². The third-order valence-electron chi connectivity index (χ3n) is 4.62. The highest BCUT2D eigenvalue weighted by molar-refractivity contribution is 7.91. The van der Waals surface area contributed by atoms with Crippen LogP contribution in [0.4, 0.5) is 0 Å². The number of guanidine groups is 1. The van der Waals surface area contributed by atoms with E-state index in [-0.39, 0.29) is 0 Å². The number of rotatable bonds is 9. The monoisotopic (exact) mass is 436 g/mol. The third kappa shape index (κ3) is 5.94. The maximum Gasteiger partial charge on any atom is 0.252 e. The van der Waals surface area contributed by atoms with E-state index in [2.05, 4.69) is 15.6 Å². The summed E-state index contributed by atoms with van der Waals surface area (Å²) in [7, 11) is 1.38. The molecule has 1 saturated carbocycles. The zero-order valence-electron chi connectivity index (χ0n) is 17.0. The minimum Gasteiger partial charge on any atom is -0.493 e. The summed E-state index contributed by atoms with van der Waals surface area (Å²) < 4.78 is 31.9. The van der Waals surface area contributed by atoms with Crippen molar-refractivity contribution in [3.63, 3.8) is 0 Å². The van der Waals surface area contributed by atoms with Gasteiger partial charge >= 0.3 is 0 Å². The Morgan fingerprint density at radius 2 is 1.90 bits per heavy atom. The first-order valence-electron chi connectivity index (χ1n) is 9.56. The topological polar surface area (TPSA) is 83.0 Å². The van der Waals surface area contributed by atoms with Gasteiger partial charge in [-0.05, 0) is 37.0 Å². The highest BCUT2D eigenvalue weighted by atomic mass is 32.2. The summed E-state index contributed by atoms with van der Waals surface area (Å²) >= 11 is 1.26. The number of sulfonamides is 1. The van der Waals surface area contributed by atoms with Crippen molar-refractivity contribution in [3.8, 4) is 5.75 Å². The van der Waals surface area contributed by atoms with Crippen molar-refractivity contribution >= 4 is 27.3 Å². The summed E-state index contributed by atoms with van der Waals surface area (Å²) in [6.45, 7) is 1.86. The van der Waals surface area contributed by atoms with Gasteiger partial charge < -0.3 is 15.4 Å². The Balaban J connectivity index is 1.53. The van der Waals surface area contributed by atoms with Crippen LogP contribution in [-0.2, 0) is 23.1 Å². The van der Waals surface area contributed by atoms with Crippen LogP contribution in [0.5, 0.6) is 5.75 Å². The van der Waals surface area contributed by atoms with Gasteiger partial charge in [-0.3, -0.25) is 4.99 Å². The van der Waals surface area contributed by atoms with Gasteiger partial charge in [0.05, 0.1) is 13.2 Å². The molecule has 0 atom stereocenters. The quantitative estimate of drug-likeness (QED) is 0.466. The van der Waals surface area contributed by atoms with E-state index in [1.807, 2.05) is 30.3 Å². The predicted octanol–water partition coefficient (Wildman–Crippen LogP) is 2.65. The van der Waals surface area contributed by atoms with Crippen molar-refractivity contribution in [2.75, 3.05) is 27.7 Å². The molecular weight excluding hydrogens is 408 g/mol. The second-order valence-electron chi connectivity index (χ2n) is 7.15. The van der Waals surface area contributed by atoms with E-state index in [0.717, 1.165) is 22.8 Å². The van der Waals surface area contributed by atoms with Gasteiger partial charge in [-0.1, -0.05) is 18.2 Å². The maximum atomic E-state index is 12.2. The Hall–Kier alpha value is -2.10. The molecule has 0 spiro atoms. The number of aliphatic imine (C=N–C) groups is 1. The van der Waals surface area contributed by atoms with E-state index in [4.69, 9.17) is 4.74 Å². The van der Waals surface area contributed by atoms with Crippen molar-refractivity contribution in [2.24, 2.45) is 10.9 Å². The number of thiophene rings is 1. The fraction of sp³-hybridized carbons (Fsp3) is 0.450. The molecule has 29 heavy (non-hydrogen) atoms. The minimum absolute atomic E-state index is 0.337. The molecule has 2 N–H and O–H groups in total. The number of para-hydroxylation sites is 1. The molecule has 1 aromatic heterocycles. The average Bonchev–Trinajstić information content (AvgIpc) is 3.41. The highest BCUT2D eigenvalue weighted by Gasteiger charge is 2.22. The fourth-order valence-electron chi connectivity index (χ4n) is 2.63. The van der Waals surface area contributed by atoms with Gasteiger partial charge in [0.25, 0.3) is 10.0 Å². The summed E-state index contributed by atoms with van der Waals surface area (Å²) in [6.07, 6.45) is 2.52. The van der Waals surface area contributed by atoms with E-state index in [0.29, 0.717) is 29.2 Å². The highest BCUT2D eigenvalue weighted by Crippen LogP contribution is 2.30. The first kappa shape index (κ1) is 21.6. The molecule has 0 radical (unpaired) electrons. The molecule has 0 saturated heterocycles. The van der Waals surface area contributed by atoms with E-state index < -0.39 is 10.0 Å². The number of hydrogen-bond acceptors (Lipinski definition) is 5. The van der Waals surface area contributed by atoms with Gasteiger partial charge in [0.15, 0.2) is 5.96 Å². The Kier molecular flexibility index (Phi) is 7.15. The molecule has 1 aromatic carbocycles. The van der Waals surface area contributed by atoms with E-state index in [1.165, 1.54) is 42.6 Å². The van der Waals surface area contributed by atoms with E-state index in [1.54, 1.807) is 13.1 Å². The Labute approximate surface area is 176 Å². The first-order valence-corrected chi connectivity index (χ1v) is 11.8. The van der Waals surface area contributed by atoms with Crippen LogP contribution < -0.4 is 15.4 Å². The van der Waals surface area contributed by atoms with E-state index in [9.17, 15) is 8.42 Å². The Bertz CT molecular complexity index is 950. The number of nitrogens with zero attached hydrogens (tertiary/aromatic N) is 2. The Morgan fingerprint density at radius 1 is 1.17 bits per heavy atom. The van der Waals surface area contributed by atoms with Crippen LogP contribution in [0.15, 0.2) is 45.6 Å². The van der Waals surface area contributed by atoms with E-state index >= 15 is 0 Å². The zero-order chi connectivity index (χ0) is 20.9. The molecule has 0 amide bonds. The minimum atomic E-state index is -3.39. The van der Waals surface area contributed by atoms with Crippen molar-refractivity contribution in [1.82, 2.24) is 14.9 Å². The molecule has 0 bridgehead atoms. The molecule has 2 aromatic rings. The molecule has 158 valence electrons. The molecule has 1 fully saturated rings. The number of nitrogens with one attached hydrogen (secondary N) is 2. The second-order valence-corrected chi connectivity index (χ2v) is 10.7. The number of ether oxygens (including phenoxy) is 1. The molecule has 0 aliphatic heterocycles. The van der Waals surface area contributed by atoms with Crippen LogP contribution in [0, 0.1) is 5.92 Å². The molecule has 9 heteroatoms. The summed E-state index contributed by atoms with van der Waals surface area (Å²) in [6, 6.07) is 11.5. The average molecular weight is 437 g/mol. The van der Waals surface area contributed by atoms with Gasteiger partial charge in [-0.2, -0.15) is 0 Å². The predicted molar refractivity (Wildman–Crippen MR) is 117 cm³/mol.